The van der Waals surface area contributed by atoms with Crippen LogP contribution in [0.2, 0.25) is 0 Å². The number of rotatable bonds is 5. The molecule has 4 heteroatoms. The average molecular weight is 267 g/mol. The van der Waals surface area contributed by atoms with Crippen molar-refractivity contribution in [3.63, 3.8) is 0 Å². The Hall–Kier alpha value is -1.03. The van der Waals surface area contributed by atoms with Crippen LogP contribution in [-0.2, 0) is 9.84 Å². The lowest BCUT2D eigenvalue weighted by Gasteiger charge is -2.40. The van der Waals surface area contributed by atoms with E-state index in [4.69, 9.17) is 0 Å². The van der Waals surface area contributed by atoms with Crippen molar-refractivity contribution in [2.75, 3.05) is 11.1 Å². The molecular formula is C14H21NO2S. The Morgan fingerprint density at radius 1 is 1.28 bits per heavy atom. The normalized spacial score (nSPS) is 18.1. The molecule has 100 valence electrons. The van der Waals surface area contributed by atoms with E-state index in [1.807, 2.05) is 19.1 Å². The number of hydrogen-bond donors (Lipinski definition) is 1. The average Bonchev–Trinajstić information content (AvgIpc) is 2.27. The van der Waals surface area contributed by atoms with Crippen molar-refractivity contribution in [1.82, 2.24) is 0 Å². The summed E-state index contributed by atoms with van der Waals surface area (Å²) in [7, 11) is -3.16. The van der Waals surface area contributed by atoms with Crippen LogP contribution in [0.5, 0.6) is 0 Å². The molecule has 1 N–H and O–H groups in total. The third-order valence-corrected chi connectivity index (χ3v) is 5.56. The molecule has 1 aromatic rings. The lowest BCUT2D eigenvalue weighted by molar-refractivity contribution is 0.306. The molecule has 0 spiro atoms. The molecule has 1 aromatic carbocycles. The summed E-state index contributed by atoms with van der Waals surface area (Å²) in [6, 6.07) is 7.24. The molecule has 0 aliphatic heterocycles. The second-order valence-corrected chi connectivity index (χ2v) is 7.43. The summed E-state index contributed by atoms with van der Waals surface area (Å²) in [6.07, 6.45) is 4.08. The zero-order valence-electron chi connectivity index (χ0n) is 11.1. The van der Waals surface area contributed by atoms with Crippen molar-refractivity contribution in [2.45, 2.75) is 50.0 Å². The van der Waals surface area contributed by atoms with Crippen LogP contribution in [0.4, 0.5) is 5.69 Å². The molecule has 0 bridgehead atoms. The highest BCUT2D eigenvalue weighted by molar-refractivity contribution is 7.91. The molecule has 3 nitrogen and oxygen atoms in total. The molecule has 0 aromatic heterocycles. The van der Waals surface area contributed by atoms with Gasteiger partial charge in [-0.3, -0.25) is 0 Å². The maximum absolute atomic E-state index is 12.2. The Bertz CT molecular complexity index is 518. The fourth-order valence-corrected chi connectivity index (χ4v) is 3.87. The van der Waals surface area contributed by atoms with Crippen molar-refractivity contribution in [2.24, 2.45) is 0 Å². The van der Waals surface area contributed by atoms with Gasteiger partial charge in [0, 0.05) is 5.54 Å². The maximum Gasteiger partial charge on any atom is 0.180 e. The van der Waals surface area contributed by atoms with Gasteiger partial charge in [-0.15, -0.1) is 0 Å². The van der Waals surface area contributed by atoms with E-state index in [0.29, 0.717) is 11.3 Å². The third kappa shape index (κ3) is 2.69. The van der Waals surface area contributed by atoms with E-state index in [9.17, 15) is 8.42 Å². The van der Waals surface area contributed by atoms with Gasteiger partial charge in [0.15, 0.2) is 9.84 Å². The van der Waals surface area contributed by atoms with Crippen LogP contribution in [0.15, 0.2) is 29.2 Å². The van der Waals surface area contributed by atoms with E-state index in [2.05, 4.69) is 12.2 Å². The van der Waals surface area contributed by atoms with Gasteiger partial charge in [-0.05, 0) is 44.7 Å². The van der Waals surface area contributed by atoms with Crippen molar-refractivity contribution < 1.29 is 8.42 Å². The van der Waals surface area contributed by atoms with Gasteiger partial charge in [0.2, 0.25) is 0 Å². The Kier molecular flexibility index (Phi) is 3.66. The highest BCUT2D eigenvalue weighted by atomic mass is 32.2. The lowest BCUT2D eigenvalue weighted by Crippen LogP contribution is -2.42. The van der Waals surface area contributed by atoms with Gasteiger partial charge in [-0.1, -0.05) is 19.1 Å². The number of nitrogens with one attached hydrogen (secondary N) is 1. The Balaban J connectivity index is 2.31. The van der Waals surface area contributed by atoms with Gasteiger partial charge >= 0.3 is 0 Å². The summed E-state index contributed by atoms with van der Waals surface area (Å²) in [5.41, 5.74) is 0.825. The second-order valence-electron chi connectivity index (χ2n) is 5.35. The van der Waals surface area contributed by atoms with Crippen LogP contribution in [0.25, 0.3) is 0 Å². The monoisotopic (exact) mass is 267 g/mol. The quantitative estimate of drug-likeness (QED) is 0.891. The largest absolute Gasteiger partial charge is 0.379 e. The van der Waals surface area contributed by atoms with Gasteiger partial charge in [-0.2, -0.15) is 0 Å². The van der Waals surface area contributed by atoms with E-state index in [0.717, 1.165) is 18.5 Å². The van der Waals surface area contributed by atoms with Crippen molar-refractivity contribution in [1.29, 1.82) is 0 Å². The van der Waals surface area contributed by atoms with E-state index < -0.39 is 9.84 Å². The number of benzene rings is 1. The fourth-order valence-electron chi connectivity index (χ4n) is 2.38. The molecule has 18 heavy (non-hydrogen) atoms. The minimum atomic E-state index is -3.16. The Morgan fingerprint density at radius 3 is 2.50 bits per heavy atom. The second kappa shape index (κ2) is 4.92. The van der Waals surface area contributed by atoms with Gasteiger partial charge in [-0.25, -0.2) is 8.42 Å². The summed E-state index contributed by atoms with van der Waals surface area (Å²) in [5.74, 6) is 0.211. The van der Waals surface area contributed by atoms with E-state index in [-0.39, 0.29) is 11.3 Å². The molecule has 0 unspecified atom stereocenters. The first kappa shape index (κ1) is 13.4. The van der Waals surface area contributed by atoms with Crippen molar-refractivity contribution in [3.05, 3.63) is 24.3 Å². The summed E-state index contributed by atoms with van der Waals surface area (Å²) >= 11 is 0. The van der Waals surface area contributed by atoms with Crippen molar-refractivity contribution >= 4 is 15.5 Å². The van der Waals surface area contributed by atoms with E-state index >= 15 is 0 Å². The standard InChI is InChI=1S/C14H21NO2S/c1-3-11-18(16,17)13-8-5-4-7-12(13)15-14(2)9-6-10-14/h4-5,7-8,15H,3,6,9-11H2,1-2H3. The summed E-state index contributed by atoms with van der Waals surface area (Å²) in [6.45, 7) is 4.04. The molecule has 0 radical (unpaired) electrons. The van der Waals surface area contributed by atoms with Gasteiger partial charge in [0.05, 0.1) is 16.3 Å². The molecule has 1 aliphatic carbocycles. The highest BCUT2D eigenvalue weighted by Crippen LogP contribution is 2.36. The summed E-state index contributed by atoms with van der Waals surface area (Å²) in [5, 5.41) is 3.41. The molecule has 1 fully saturated rings. The van der Waals surface area contributed by atoms with E-state index in [1.54, 1.807) is 12.1 Å². The predicted octanol–water partition coefficient (Wildman–Crippen LogP) is 3.22. The molecule has 2 rings (SSSR count). The predicted molar refractivity (Wildman–Crippen MR) is 74.7 cm³/mol. The lowest BCUT2D eigenvalue weighted by atomic mass is 9.78. The maximum atomic E-state index is 12.2. The molecule has 1 aliphatic rings. The van der Waals surface area contributed by atoms with Crippen LogP contribution >= 0.6 is 0 Å². The van der Waals surface area contributed by atoms with Gasteiger partial charge < -0.3 is 5.32 Å². The first-order chi connectivity index (χ1) is 8.47. The minimum Gasteiger partial charge on any atom is -0.379 e. The number of hydrogen-bond acceptors (Lipinski definition) is 3. The first-order valence-corrected chi connectivity index (χ1v) is 8.22. The minimum absolute atomic E-state index is 0.0673. The van der Waals surface area contributed by atoms with Crippen LogP contribution in [0.1, 0.15) is 39.5 Å². The smallest absolute Gasteiger partial charge is 0.180 e. The highest BCUT2D eigenvalue weighted by Gasteiger charge is 2.32. The topological polar surface area (TPSA) is 46.2 Å². The third-order valence-electron chi connectivity index (χ3n) is 3.59. The van der Waals surface area contributed by atoms with Crippen LogP contribution in [0.3, 0.4) is 0 Å². The van der Waals surface area contributed by atoms with Gasteiger partial charge in [0.25, 0.3) is 0 Å². The van der Waals surface area contributed by atoms with Gasteiger partial charge in [0.1, 0.15) is 0 Å². The number of sulfone groups is 1. The number of anilines is 1. The summed E-state index contributed by atoms with van der Waals surface area (Å²) in [4.78, 5) is 0.444. The molecule has 0 atom stereocenters. The molecule has 0 saturated heterocycles. The van der Waals surface area contributed by atoms with Crippen LogP contribution in [-0.4, -0.2) is 19.7 Å². The zero-order chi connectivity index (χ0) is 13.2. The number of para-hydroxylation sites is 1. The fraction of sp³-hybridized carbons (Fsp3) is 0.571. The molecular weight excluding hydrogens is 246 g/mol. The van der Waals surface area contributed by atoms with Crippen molar-refractivity contribution in [3.8, 4) is 0 Å². The van der Waals surface area contributed by atoms with Crippen LogP contribution in [0, 0.1) is 0 Å². The van der Waals surface area contributed by atoms with Crippen LogP contribution < -0.4 is 5.32 Å². The van der Waals surface area contributed by atoms with E-state index in [1.165, 1.54) is 6.42 Å². The SMILES string of the molecule is CCCS(=O)(=O)c1ccccc1NC1(C)CCC1. The Morgan fingerprint density at radius 2 is 1.94 bits per heavy atom. The molecule has 1 saturated carbocycles. The zero-order valence-corrected chi connectivity index (χ0v) is 11.9. The summed E-state index contributed by atoms with van der Waals surface area (Å²) < 4.78 is 24.4. The first-order valence-electron chi connectivity index (χ1n) is 6.57. The Labute approximate surface area is 110 Å². The molecule has 0 amide bonds. The molecule has 0 heterocycles.